The topological polar surface area (TPSA) is 78.5 Å². The van der Waals surface area contributed by atoms with E-state index in [4.69, 9.17) is 0 Å². The molecule has 0 atom stereocenters. The van der Waals surface area contributed by atoms with Gasteiger partial charge in [0.2, 0.25) is 5.95 Å². The van der Waals surface area contributed by atoms with E-state index in [2.05, 4.69) is 30.6 Å². The van der Waals surface area contributed by atoms with Crippen LogP contribution in [0.5, 0.6) is 0 Å². The quantitative estimate of drug-likeness (QED) is 0.725. The second kappa shape index (κ2) is 3.62. The van der Waals surface area contributed by atoms with E-state index in [1.165, 1.54) is 19.3 Å². The zero-order valence-electron chi connectivity index (χ0n) is 9.12. The molecular weight excluding hydrogens is 204 g/mol. The summed E-state index contributed by atoms with van der Waals surface area (Å²) in [7, 11) is 1.81. The Balaban J connectivity index is 2.01. The van der Waals surface area contributed by atoms with E-state index in [1.807, 2.05) is 0 Å². The molecule has 6 heteroatoms. The van der Waals surface area contributed by atoms with Crippen molar-refractivity contribution in [3.05, 3.63) is 6.33 Å². The molecule has 0 spiro atoms. The number of aromatic nitrogens is 4. The summed E-state index contributed by atoms with van der Waals surface area (Å²) in [5.74, 6) is 1.44. The van der Waals surface area contributed by atoms with Gasteiger partial charge in [-0.05, 0) is 19.3 Å². The fourth-order valence-electron chi connectivity index (χ4n) is 1.80. The number of fused-ring (bicyclic) bond motifs is 1. The van der Waals surface area contributed by atoms with Gasteiger partial charge in [-0.15, -0.1) is 0 Å². The molecule has 0 unspecified atom stereocenters. The number of rotatable bonds is 3. The maximum atomic E-state index is 4.41. The normalized spacial score (nSPS) is 16.1. The minimum atomic E-state index is 0.547. The SMILES string of the molecule is CNc1nc(NC2CCC2)c2[nH]cnc2n1. The van der Waals surface area contributed by atoms with Crippen molar-refractivity contribution in [2.45, 2.75) is 25.3 Å². The first-order valence-electron chi connectivity index (χ1n) is 5.52. The highest BCUT2D eigenvalue weighted by atomic mass is 15.2. The van der Waals surface area contributed by atoms with Gasteiger partial charge in [0.15, 0.2) is 11.5 Å². The molecule has 0 aromatic carbocycles. The lowest BCUT2D eigenvalue weighted by molar-refractivity contribution is 0.445. The molecule has 1 aliphatic rings. The third-order valence-electron chi connectivity index (χ3n) is 2.96. The Morgan fingerprint density at radius 3 is 2.94 bits per heavy atom. The van der Waals surface area contributed by atoms with E-state index in [1.54, 1.807) is 13.4 Å². The van der Waals surface area contributed by atoms with Crippen molar-refractivity contribution in [1.29, 1.82) is 0 Å². The van der Waals surface area contributed by atoms with Crippen LogP contribution in [0, 0.1) is 0 Å². The molecule has 0 radical (unpaired) electrons. The van der Waals surface area contributed by atoms with Crippen molar-refractivity contribution < 1.29 is 0 Å². The van der Waals surface area contributed by atoms with Crippen molar-refractivity contribution in [2.75, 3.05) is 17.7 Å². The number of nitrogens with one attached hydrogen (secondary N) is 3. The van der Waals surface area contributed by atoms with Crippen molar-refractivity contribution in [1.82, 2.24) is 19.9 Å². The first-order chi connectivity index (χ1) is 7.86. The molecule has 0 saturated heterocycles. The predicted octanol–water partition coefficient (Wildman–Crippen LogP) is 1.36. The van der Waals surface area contributed by atoms with Gasteiger partial charge in [0.05, 0.1) is 6.33 Å². The third-order valence-corrected chi connectivity index (χ3v) is 2.96. The van der Waals surface area contributed by atoms with E-state index in [0.29, 0.717) is 17.6 Å². The molecule has 1 fully saturated rings. The number of nitrogens with zero attached hydrogens (tertiary/aromatic N) is 3. The van der Waals surface area contributed by atoms with E-state index in [9.17, 15) is 0 Å². The van der Waals surface area contributed by atoms with E-state index in [-0.39, 0.29) is 0 Å². The minimum absolute atomic E-state index is 0.547. The smallest absolute Gasteiger partial charge is 0.226 e. The molecular formula is C10H14N6. The van der Waals surface area contributed by atoms with Gasteiger partial charge in [-0.2, -0.15) is 9.97 Å². The molecule has 84 valence electrons. The van der Waals surface area contributed by atoms with Crippen molar-refractivity contribution in [3.63, 3.8) is 0 Å². The molecule has 0 aliphatic heterocycles. The molecule has 0 bridgehead atoms. The van der Waals surface area contributed by atoms with Gasteiger partial charge in [0, 0.05) is 13.1 Å². The van der Waals surface area contributed by atoms with E-state index in [0.717, 1.165) is 11.3 Å². The van der Waals surface area contributed by atoms with Crippen LogP contribution in [0.3, 0.4) is 0 Å². The maximum Gasteiger partial charge on any atom is 0.226 e. The predicted molar refractivity (Wildman–Crippen MR) is 62.5 cm³/mol. The molecule has 2 aromatic heterocycles. The Hall–Kier alpha value is -1.85. The second-order valence-corrected chi connectivity index (χ2v) is 4.02. The summed E-state index contributed by atoms with van der Waals surface area (Å²) in [4.78, 5) is 15.9. The summed E-state index contributed by atoms with van der Waals surface area (Å²) in [6, 6.07) is 0.547. The van der Waals surface area contributed by atoms with Crippen LogP contribution in [0.2, 0.25) is 0 Å². The number of hydrogen-bond donors (Lipinski definition) is 3. The monoisotopic (exact) mass is 218 g/mol. The van der Waals surface area contributed by atoms with Crippen molar-refractivity contribution in [2.24, 2.45) is 0 Å². The molecule has 0 amide bonds. The van der Waals surface area contributed by atoms with Gasteiger partial charge < -0.3 is 15.6 Å². The maximum absolute atomic E-state index is 4.41. The van der Waals surface area contributed by atoms with Crippen LogP contribution >= 0.6 is 0 Å². The molecule has 1 aliphatic carbocycles. The first-order valence-corrected chi connectivity index (χ1v) is 5.52. The highest BCUT2D eigenvalue weighted by molar-refractivity contribution is 5.83. The van der Waals surface area contributed by atoms with Crippen LogP contribution in [0.4, 0.5) is 11.8 Å². The summed E-state index contributed by atoms with van der Waals surface area (Å²) < 4.78 is 0. The Bertz CT molecular complexity index is 501. The number of imidazole rings is 1. The van der Waals surface area contributed by atoms with E-state index < -0.39 is 0 Å². The molecule has 6 nitrogen and oxygen atoms in total. The molecule has 16 heavy (non-hydrogen) atoms. The van der Waals surface area contributed by atoms with Crippen molar-refractivity contribution in [3.8, 4) is 0 Å². The van der Waals surface area contributed by atoms with Gasteiger partial charge in [0.1, 0.15) is 5.52 Å². The van der Waals surface area contributed by atoms with Crippen LogP contribution in [-0.2, 0) is 0 Å². The average Bonchev–Trinajstić information content (AvgIpc) is 2.70. The molecule has 3 N–H and O–H groups in total. The number of H-pyrrole nitrogens is 1. The van der Waals surface area contributed by atoms with Gasteiger partial charge in [-0.25, -0.2) is 4.98 Å². The summed E-state index contributed by atoms with van der Waals surface area (Å²) in [5.41, 5.74) is 1.58. The largest absolute Gasteiger partial charge is 0.365 e. The fourth-order valence-corrected chi connectivity index (χ4v) is 1.80. The van der Waals surface area contributed by atoms with E-state index >= 15 is 0 Å². The minimum Gasteiger partial charge on any atom is -0.365 e. The zero-order valence-corrected chi connectivity index (χ0v) is 9.12. The lowest BCUT2D eigenvalue weighted by atomic mass is 9.93. The number of aromatic amines is 1. The number of anilines is 2. The van der Waals surface area contributed by atoms with Gasteiger partial charge in [0.25, 0.3) is 0 Å². The highest BCUT2D eigenvalue weighted by Gasteiger charge is 2.19. The summed E-state index contributed by atoms with van der Waals surface area (Å²) in [5, 5.41) is 6.36. The van der Waals surface area contributed by atoms with Crippen LogP contribution < -0.4 is 10.6 Å². The second-order valence-electron chi connectivity index (χ2n) is 4.02. The Labute approximate surface area is 92.9 Å². The molecule has 2 heterocycles. The average molecular weight is 218 g/mol. The zero-order chi connectivity index (χ0) is 11.0. The van der Waals surface area contributed by atoms with Crippen LogP contribution in [0.15, 0.2) is 6.33 Å². The lowest BCUT2D eigenvalue weighted by Crippen LogP contribution is -2.27. The highest BCUT2D eigenvalue weighted by Crippen LogP contribution is 2.25. The summed E-state index contributed by atoms with van der Waals surface area (Å²) in [6.45, 7) is 0. The van der Waals surface area contributed by atoms with Gasteiger partial charge >= 0.3 is 0 Å². The van der Waals surface area contributed by atoms with Gasteiger partial charge in [-0.3, -0.25) is 0 Å². The molecule has 2 aromatic rings. The fraction of sp³-hybridized carbons (Fsp3) is 0.500. The molecule has 1 saturated carbocycles. The Morgan fingerprint density at radius 2 is 2.25 bits per heavy atom. The van der Waals surface area contributed by atoms with Crippen molar-refractivity contribution >= 4 is 22.9 Å². The molecule has 3 rings (SSSR count). The summed E-state index contributed by atoms with van der Waals surface area (Å²) >= 11 is 0. The van der Waals surface area contributed by atoms with Crippen LogP contribution in [0.25, 0.3) is 11.2 Å². The lowest BCUT2D eigenvalue weighted by Gasteiger charge is -2.27. The van der Waals surface area contributed by atoms with Crippen LogP contribution in [-0.4, -0.2) is 33.0 Å². The van der Waals surface area contributed by atoms with Crippen LogP contribution in [0.1, 0.15) is 19.3 Å². The number of hydrogen-bond acceptors (Lipinski definition) is 5. The third kappa shape index (κ3) is 1.46. The summed E-state index contributed by atoms with van der Waals surface area (Å²) in [6.07, 6.45) is 5.38. The first kappa shape index (κ1) is 9.38. The Morgan fingerprint density at radius 1 is 1.38 bits per heavy atom. The van der Waals surface area contributed by atoms with Gasteiger partial charge in [-0.1, -0.05) is 0 Å². The Kier molecular flexibility index (Phi) is 2.12. The standard InChI is InChI=1S/C10H14N6/c1-11-10-15-8-7(12-5-13-8)9(16-10)14-6-3-2-4-6/h5-6H,2-4H2,1H3,(H3,11,12,13,14,15,16).